The summed E-state index contributed by atoms with van der Waals surface area (Å²) < 4.78 is 7.14. The maximum absolute atomic E-state index is 12.5. The van der Waals surface area contributed by atoms with Gasteiger partial charge in [-0.3, -0.25) is 4.79 Å². The first-order valence-electron chi connectivity index (χ1n) is 6.35. The smallest absolute Gasteiger partial charge is 0.255 e. The predicted molar refractivity (Wildman–Crippen MR) is 87.4 cm³/mol. The lowest BCUT2D eigenvalue weighted by Crippen LogP contribution is -2.39. The topological polar surface area (TPSA) is 29.5 Å². The molecule has 0 radical (unpaired) electrons. The molecule has 1 aliphatic rings. The molecule has 0 aliphatic carbocycles. The van der Waals surface area contributed by atoms with Crippen LogP contribution in [0.4, 0.5) is 0 Å². The van der Waals surface area contributed by atoms with Crippen LogP contribution in [0.5, 0.6) is 0 Å². The molecule has 1 saturated heterocycles. The van der Waals surface area contributed by atoms with Crippen molar-refractivity contribution in [3.8, 4) is 0 Å². The van der Waals surface area contributed by atoms with Crippen LogP contribution >= 0.6 is 38.5 Å². The fraction of sp³-hybridized carbons (Fsp3) is 0.500. The Labute approximate surface area is 136 Å². The molecule has 0 atom stereocenters. The lowest BCUT2D eigenvalue weighted by atomic mass is 9.97. The Morgan fingerprint density at radius 3 is 2.79 bits per heavy atom. The van der Waals surface area contributed by atoms with E-state index in [0.29, 0.717) is 5.92 Å². The molecule has 2 rings (SSSR count). The molecule has 0 aromatic heterocycles. The van der Waals surface area contributed by atoms with Crippen molar-refractivity contribution in [2.24, 2.45) is 5.92 Å². The highest BCUT2D eigenvalue weighted by molar-refractivity contribution is 14.1. The average Bonchev–Trinajstić information content (AvgIpc) is 2.42. The molecule has 0 bridgehead atoms. The maximum atomic E-state index is 12.5. The van der Waals surface area contributed by atoms with E-state index in [4.69, 9.17) is 4.74 Å². The van der Waals surface area contributed by atoms with E-state index < -0.39 is 0 Å². The Bertz CT molecular complexity index is 459. The van der Waals surface area contributed by atoms with Gasteiger partial charge in [0.1, 0.15) is 0 Å². The Morgan fingerprint density at radius 2 is 2.16 bits per heavy atom. The number of carbonyl (C=O) groups excluding carboxylic acids is 1. The Balaban J connectivity index is 2.03. The molecule has 104 valence electrons. The quantitative estimate of drug-likeness (QED) is 0.676. The Hall–Kier alpha value is -0.140. The largest absolute Gasteiger partial charge is 0.384 e. The minimum Gasteiger partial charge on any atom is -0.384 e. The van der Waals surface area contributed by atoms with Crippen LogP contribution in [0.1, 0.15) is 23.2 Å². The third-order valence-electron chi connectivity index (χ3n) is 3.46. The minimum atomic E-state index is 0.126. The van der Waals surface area contributed by atoms with Crippen molar-refractivity contribution in [3.05, 3.63) is 31.8 Å². The number of carbonyl (C=O) groups is 1. The molecule has 3 nitrogen and oxygen atoms in total. The Kier molecular flexibility index (Phi) is 5.65. The molecule has 1 heterocycles. The zero-order valence-electron chi connectivity index (χ0n) is 10.9. The van der Waals surface area contributed by atoms with E-state index in [1.165, 1.54) is 0 Å². The molecule has 0 unspecified atom stereocenters. The number of methoxy groups -OCH3 is 1. The molecule has 1 aromatic carbocycles. The second-order valence-electron chi connectivity index (χ2n) is 4.82. The zero-order valence-corrected chi connectivity index (χ0v) is 14.6. The average molecular weight is 438 g/mol. The molecular formula is C14H17BrINO2. The van der Waals surface area contributed by atoms with Gasteiger partial charge in [0.15, 0.2) is 0 Å². The number of amides is 1. The fourth-order valence-corrected chi connectivity index (χ4v) is 3.28. The van der Waals surface area contributed by atoms with Gasteiger partial charge < -0.3 is 9.64 Å². The number of hydrogen-bond acceptors (Lipinski definition) is 2. The summed E-state index contributed by atoms with van der Waals surface area (Å²) in [6, 6.07) is 5.87. The van der Waals surface area contributed by atoms with Crippen LogP contribution in [0, 0.1) is 9.49 Å². The molecule has 0 spiro atoms. The summed E-state index contributed by atoms with van der Waals surface area (Å²) in [4.78, 5) is 14.4. The molecule has 5 heteroatoms. The van der Waals surface area contributed by atoms with Crippen molar-refractivity contribution in [1.29, 1.82) is 0 Å². The zero-order chi connectivity index (χ0) is 13.8. The van der Waals surface area contributed by atoms with Gasteiger partial charge in [-0.1, -0.05) is 0 Å². The first-order chi connectivity index (χ1) is 9.11. The molecule has 1 aromatic rings. The van der Waals surface area contributed by atoms with Gasteiger partial charge in [-0.15, -0.1) is 0 Å². The van der Waals surface area contributed by atoms with Gasteiger partial charge in [0.2, 0.25) is 0 Å². The van der Waals surface area contributed by atoms with Crippen LogP contribution in [0.3, 0.4) is 0 Å². The lowest BCUT2D eigenvalue weighted by Gasteiger charge is -2.32. The number of benzene rings is 1. The maximum Gasteiger partial charge on any atom is 0.255 e. The van der Waals surface area contributed by atoms with Crippen LogP contribution < -0.4 is 0 Å². The van der Waals surface area contributed by atoms with Crippen LogP contribution in [0.15, 0.2) is 22.7 Å². The van der Waals surface area contributed by atoms with Crippen LogP contribution in [0.25, 0.3) is 0 Å². The van der Waals surface area contributed by atoms with Crippen LogP contribution in [0.2, 0.25) is 0 Å². The van der Waals surface area contributed by atoms with Gasteiger partial charge in [0.25, 0.3) is 5.91 Å². The summed E-state index contributed by atoms with van der Waals surface area (Å²) in [7, 11) is 1.74. The van der Waals surface area contributed by atoms with Crippen LogP contribution in [-0.4, -0.2) is 37.6 Å². The van der Waals surface area contributed by atoms with E-state index >= 15 is 0 Å². The number of piperidine rings is 1. The van der Waals surface area contributed by atoms with E-state index in [-0.39, 0.29) is 5.91 Å². The normalized spacial score (nSPS) is 16.7. The standard InChI is InChI=1S/C14H17BrINO2/c1-19-9-10-4-6-17(7-5-10)14(18)12-8-11(16)2-3-13(12)15/h2-3,8,10H,4-7,9H2,1H3. The predicted octanol–water partition coefficient (Wildman–Crippen LogP) is 3.55. The van der Waals surface area contributed by atoms with Crippen molar-refractivity contribution < 1.29 is 9.53 Å². The number of likely N-dealkylation sites (tertiary alicyclic amines) is 1. The Morgan fingerprint density at radius 1 is 1.47 bits per heavy atom. The van der Waals surface area contributed by atoms with E-state index in [2.05, 4.69) is 38.5 Å². The fourth-order valence-electron chi connectivity index (χ4n) is 2.37. The highest BCUT2D eigenvalue weighted by Crippen LogP contribution is 2.24. The highest BCUT2D eigenvalue weighted by atomic mass is 127. The van der Waals surface area contributed by atoms with Crippen LogP contribution in [-0.2, 0) is 4.74 Å². The summed E-state index contributed by atoms with van der Waals surface area (Å²) >= 11 is 5.70. The summed E-state index contributed by atoms with van der Waals surface area (Å²) in [6.07, 6.45) is 2.06. The van der Waals surface area contributed by atoms with Crippen molar-refractivity contribution >= 4 is 44.4 Å². The van der Waals surface area contributed by atoms with Crippen molar-refractivity contribution in [2.75, 3.05) is 26.8 Å². The first kappa shape index (κ1) is 15.3. The van der Waals surface area contributed by atoms with Gasteiger partial charge in [-0.05, 0) is 75.5 Å². The number of hydrogen-bond donors (Lipinski definition) is 0. The molecule has 0 N–H and O–H groups in total. The monoisotopic (exact) mass is 437 g/mol. The van der Waals surface area contributed by atoms with E-state index in [9.17, 15) is 4.79 Å². The second-order valence-corrected chi connectivity index (χ2v) is 6.92. The van der Waals surface area contributed by atoms with Gasteiger partial charge in [0.05, 0.1) is 5.56 Å². The highest BCUT2D eigenvalue weighted by Gasteiger charge is 2.24. The number of nitrogens with zero attached hydrogens (tertiary/aromatic N) is 1. The van der Waals surface area contributed by atoms with Gasteiger partial charge >= 0.3 is 0 Å². The molecule has 19 heavy (non-hydrogen) atoms. The minimum absolute atomic E-state index is 0.126. The first-order valence-corrected chi connectivity index (χ1v) is 8.22. The van der Waals surface area contributed by atoms with Gasteiger partial charge in [-0.2, -0.15) is 0 Å². The summed E-state index contributed by atoms with van der Waals surface area (Å²) in [6.45, 7) is 2.45. The second kappa shape index (κ2) is 7.04. The van der Waals surface area contributed by atoms with Gasteiger partial charge in [-0.25, -0.2) is 0 Å². The van der Waals surface area contributed by atoms with E-state index in [1.54, 1.807) is 7.11 Å². The van der Waals surface area contributed by atoms with Crippen molar-refractivity contribution in [2.45, 2.75) is 12.8 Å². The van der Waals surface area contributed by atoms with Crippen molar-refractivity contribution in [1.82, 2.24) is 4.90 Å². The number of ether oxygens (including phenoxy) is 1. The van der Waals surface area contributed by atoms with E-state index in [0.717, 1.165) is 46.1 Å². The summed E-state index contributed by atoms with van der Waals surface area (Å²) in [5, 5.41) is 0. The lowest BCUT2D eigenvalue weighted by molar-refractivity contribution is 0.0612. The third kappa shape index (κ3) is 3.92. The summed E-state index contributed by atoms with van der Waals surface area (Å²) in [5.74, 6) is 0.717. The third-order valence-corrected chi connectivity index (χ3v) is 4.83. The van der Waals surface area contributed by atoms with E-state index in [1.807, 2.05) is 23.1 Å². The molecule has 0 saturated carbocycles. The van der Waals surface area contributed by atoms with Crippen molar-refractivity contribution in [3.63, 3.8) is 0 Å². The molecule has 1 aliphatic heterocycles. The molecule has 1 fully saturated rings. The number of halogens is 2. The molecule has 1 amide bonds. The summed E-state index contributed by atoms with van der Waals surface area (Å²) in [5.41, 5.74) is 0.761. The molecular weight excluding hydrogens is 421 g/mol. The SMILES string of the molecule is COCC1CCN(C(=O)c2cc(I)ccc2Br)CC1. The number of rotatable bonds is 3. The van der Waals surface area contributed by atoms with Gasteiger partial charge in [0, 0.05) is 34.8 Å².